The first-order valence-corrected chi connectivity index (χ1v) is 12.7. The fraction of sp³-hybridized carbons (Fsp3) is 0.739. The molecule has 4 aliphatic rings. The van der Waals surface area contributed by atoms with Gasteiger partial charge in [0.1, 0.15) is 6.61 Å². The molecular formula is C23H31FO6S. The second kappa shape index (κ2) is 7.06. The Balaban J connectivity index is 1.70. The summed E-state index contributed by atoms with van der Waals surface area (Å²) in [5.41, 5.74) is -2.92. The number of aliphatic hydroxyl groups is 1. The van der Waals surface area contributed by atoms with Crippen molar-refractivity contribution in [1.82, 2.24) is 0 Å². The van der Waals surface area contributed by atoms with Crippen LogP contribution in [0.25, 0.3) is 0 Å². The van der Waals surface area contributed by atoms with Crippen molar-refractivity contribution < 1.29 is 31.7 Å². The molecule has 0 radical (unpaired) electrons. The van der Waals surface area contributed by atoms with Crippen LogP contribution in [0, 0.1) is 34.5 Å². The van der Waals surface area contributed by atoms with Gasteiger partial charge < -0.3 is 5.11 Å². The molecule has 3 saturated carbocycles. The molecule has 2 unspecified atom stereocenters. The van der Waals surface area contributed by atoms with Crippen molar-refractivity contribution in [2.24, 2.45) is 34.5 Å². The van der Waals surface area contributed by atoms with Crippen LogP contribution in [0.2, 0.25) is 0 Å². The number of alkyl halides is 1. The Bertz CT molecular complexity index is 986. The molecule has 0 aromatic rings. The van der Waals surface area contributed by atoms with Gasteiger partial charge in [-0.3, -0.25) is 13.8 Å². The van der Waals surface area contributed by atoms with Crippen molar-refractivity contribution in [1.29, 1.82) is 0 Å². The predicted molar refractivity (Wildman–Crippen MR) is 112 cm³/mol. The van der Waals surface area contributed by atoms with E-state index in [0.717, 1.165) is 11.8 Å². The third-order valence-corrected chi connectivity index (χ3v) is 9.29. The van der Waals surface area contributed by atoms with Crippen LogP contribution in [-0.2, 0) is 23.9 Å². The molecule has 31 heavy (non-hydrogen) atoms. The van der Waals surface area contributed by atoms with Gasteiger partial charge >= 0.3 is 0 Å². The van der Waals surface area contributed by atoms with Crippen molar-refractivity contribution in [3.05, 3.63) is 23.8 Å². The van der Waals surface area contributed by atoms with E-state index in [4.69, 9.17) is 4.18 Å². The van der Waals surface area contributed by atoms with Crippen molar-refractivity contribution >= 4 is 21.7 Å². The summed E-state index contributed by atoms with van der Waals surface area (Å²) in [5, 5.41) is 11.2. The molecule has 0 aliphatic heterocycles. The number of Topliss-reactive ketones (excluding diaryl/α,β-unsaturated/α-hetero) is 1. The van der Waals surface area contributed by atoms with Gasteiger partial charge in [0.05, 0.1) is 12.4 Å². The molecule has 172 valence electrons. The minimum absolute atomic E-state index is 0.0755. The van der Waals surface area contributed by atoms with Crippen LogP contribution in [-0.4, -0.2) is 49.7 Å². The van der Waals surface area contributed by atoms with Crippen molar-refractivity contribution in [2.45, 2.75) is 58.2 Å². The minimum Gasteiger partial charge on any atom is -0.390 e. The summed E-state index contributed by atoms with van der Waals surface area (Å²) < 4.78 is 44.5. The van der Waals surface area contributed by atoms with Gasteiger partial charge in [0, 0.05) is 17.3 Å². The highest BCUT2D eigenvalue weighted by Gasteiger charge is 2.71. The summed E-state index contributed by atoms with van der Waals surface area (Å²) >= 11 is 0. The zero-order chi connectivity index (χ0) is 23.0. The summed E-state index contributed by atoms with van der Waals surface area (Å²) in [7, 11) is -3.75. The Morgan fingerprint density at radius 3 is 2.65 bits per heavy atom. The van der Waals surface area contributed by atoms with Gasteiger partial charge in [0.15, 0.2) is 17.2 Å². The van der Waals surface area contributed by atoms with Gasteiger partial charge in [-0.25, -0.2) is 4.39 Å². The van der Waals surface area contributed by atoms with E-state index >= 15 is 4.39 Å². The average molecular weight is 455 g/mol. The smallest absolute Gasteiger partial charge is 0.264 e. The van der Waals surface area contributed by atoms with Crippen LogP contribution in [0.3, 0.4) is 0 Å². The van der Waals surface area contributed by atoms with Crippen LogP contribution < -0.4 is 0 Å². The van der Waals surface area contributed by atoms with Crippen LogP contribution in [0.5, 0.6) is 0 Å². The summed E-state index contributed by atoms with van der Waals surface area (Å²) in [6.07, 6.45) is 5.92. The Labute approximate surface area is 183 Å². The lowest BCUT2D eigenvalue weighted by Crippen LogP contribution is -2.66. The molecule has 0 bridgehead atoms. The number of halogens is 1. The van der Waals surface area contributed by atoms with Crippen molar-refractivity contribution in [3.8, 4) is 0 Å². The molecule has 8 atom stereocenters. The van der Waals surface area contributed by atoms with E-state index in [-0.39, 0.29) is 29.8 Å². The molecule has 3 fully saturated rings. The molecule has 4 rings (SSSR count). The molecule has 4 aliphatic carbocycles. The number of fused-ring (bicyclic) bond motifs is 5. The zero-order valence-corrected chi connectivity index (χ0v) is 19.2. The lowest BCUT2D eigenvalue weighted by molar-refractivity contribution is -0.195. The first kappa shape index (κ1) is 22.8. The Kier molecular flexibility index (Phi) is 5.19. The lowest BCUT2D eigenvalue weighted by atomic mass is 9.45. The summed E-state index contributed by atoms with van der Waals surface area (Å²) in [5.74, 6) is -1.65. The largest absolute Gasteiger partial charge is 0.390 e. The highest BCUT2D eigenvalue weighted by molar-refractivity contribution is 7.86. The van der Waals surface area contributed by atoms with E-state index < -0.39 is 51.2 Å². The van der Waals surface area contributed by atoms with E-state index in [2.05, 4.69) is 0 Å². The molecule has 8 heteroatoms. The molecule has 0 amide bonds. The summed E-state index contributed by atoms with van der Waals surface area (Å²) in [4.78, 5) is 24.9. The monoisotopic (exact) mass is 454 g/mol. The van der Waals surface area contributed by atoms with Gasteiger partial charge in [-0.1, -0.05) is 25.5 Å². The second-order valence-electron chi connectivity index (χ2n) is 10.5. The predicted octanol–water partition coefficient (Wildman–Crippen LogP) is 2.76. The van der Waals surface area contributed by atoms with Crippen molar-refractivity contribution in [2.75, 3.05) is 12.9 Å². The quantitative estimate of drug-likeness (QED) is 0.656. The van der Waals surface area contributed by atoms with Crippen LogP contribution in [0.1, 0.15) is 46.5 Å². The topological polar surface area (TPSA) is 97.7 Å². The lowest BCUT2D eigenvalue weighted by Gasteiger charge is -2.62. The summed E-state index contributed by atoms with van der Waals surface area (Å²) in [6.45, 7) is 5.10. The standard InChI is InChI=1S/C23H31FO6S/c1-13-9-17-16-6-5-14-10-15(25)7-8-22(14,3)23(16,24)19(27)11-21(17,2)20(13)18(26)12-30-31(4,28)29/h7-8,10,13,16-17,19-20,27H,5-6,9,11-12H2,1-4H3/t13?,16-,17-,19?,20+,21-,22-,23-/m0/s1. The third kappa shape index (κ3) is 3.20. The summed E-state index contributed by atoms with van der Waals surface area (Å²) in [6, 6.07) is 0. The Morgan fingerprint density at radius 1 is 1.32 bits per heavy atom. The molecule has 0 heterocycles. The molecular weight excluding hydrogens is 423 g/mol. The van der Waals surface area contributed by atoms with E-state index in [1.165, 1.54) is 12.2 Å². The molecule has 0 aromatic heterocycles. The van der Waals surface area contributed by atoms with Crippen molar-refractivity contribution in [3.63, 3.8) is 0 Å². The Morgan fingerprint density at radius 2 is 2.00 bits per heavy atom. The van der Waals surface area contributed by atoms with E-state index in [0.29, 0.717) is 19.3 Å². The number of carbonyl (C=O) groups excluding carboxylic acids is 2. The highest BCUT2D eigenvalue weighted by atomic mass is 32.2. The molecule has 0 spiro atoms. The average Bonchev–Trinajstić information content (AvgIpc) is 2.91. The normalized spacial score (nSPS) is 46.7. The highest BCUT2D eigenvalue weighted by Crippen LogP contribution is 2.69. The number of carbonyl (C=O) groups is 2. The number of hydrogen-bond acceptors (Lipinski definition) is 6. The molecule has 0 saturated heterocycles. The fourth-order valence-electron chi connectivity index (χ4n) is 7.52. The number of aliphatic hydroxyl groups excluding tert-OH is 1. The first-order valence-electron chi connectivity index (χ1n) is 10.9. The fourth-order valence-corrected chi connectivity index (χ4v) is 7.85. The number of hydrogen-bond donors (Lipinski definition) is 1. The maximum Gasteiger partial charge on any atom is 0.264 e. The molecule has 1 N–H and O–H groups in total. The number of allylic oxidation sites excluding steroid dienone is 4. The zero-order valence-electron chi connectivity index (χ0n) is 18.4. The van der Waals surface area contributed by atoms with Crippen LogP contribution in [0.15, 0.2) is 23.8 Å². The van der Waals surface area contributed by atoms with Gasteiger partial charge in [0.2, 0.25) is 0 Å². The minimum atomic E-state index is -3.75. The number of ketones is 2. The van der Waals surface area contributed by atoms with E-state index in [1.54, 1.807) is 13.0 Å². The van der Waals surface area contributed by atoms with Gasteiger partial charge in [-0.05, 0) is 62.0 Å². The maximum absolute atomic E-state index is 17.0. The van der Waals surface area contributed by atoms with Crippen LogP contribution >= 0.6 is 0 Å². The first-order chi connectivity index (χ1) is 14.2. The van der Waals surface area contributed by atoms with Gasteiger partial charge in [-0.2, -0.15) is 8.42 Å². The third-order valence-electron chi connectivity index (χ3n) is 8.74. The van der Waals surface area contributed by atoms with Gasteiger partial charge in [-0.15, -0.1) is 0 Å². The maximum atomic E-state index is 17.0. The number of rotatable bonds is 4. The molecule has 6 nitrogen and oxygen atoms in total. The SMILES string of the molecule is CC1C[C@H]2[C@@H]3CCC4=CC(=O)C=C[C@]4(C)[C@@]3(F)C(O)C[C@]2(C)[C@H]1C(=O)COS(C)(=O)=O. The second-order valence-corrected chi connectivity index (χ2v) is 12.1. The molecule has 0 aromatic carbocycles. The van der Waals surface area contributed by atoms with E-state index in [9.17, 15) is 23.1 Å². The van der Waals surface area contributed by atoms with Gasteiger partial charge in [0.25, 0.3) is 10.1 Å². The Hall–Kier alpha value is -1.38. The van der Waals surface area contributed by atoms with E-state index in [1.807, 2.05) is 13.8 Å². The van der Waals surface area contributed by atoms with Crippen LogP contribution in [0.4, 0.5) is 4.39 Å².